The molecule has 0 spiro atoms. The van der Waals surface area contributed by atoms with Crippen molar-refractivity contribution in [2.24, 2.45) is 5.92 Å². The van der Waals surface area contributed by atoms with E-state index >= 15 is 0 Å². The highest BCUT2D eigenvalue weighted by Gasteiger charge is 2.14. The Morgan fingerprint density at radius 2 is 2.25 bits per heavy atom. The Balaban J connectivity index is 2.95. The van der Waals surface area contributed by atoms with E-state index in [1.54, 1.807) is 13.0 Å². The molecular weight excluding hydrogens is 275 g/mol. The van der Waals surface area contributed by atoms with Gasteiger partial charge in [-0.1, -0.05) is 0 Å². The van der Waals surface area contributed by atoms with Crippen LogP contribution in [0, 0.1) is 30.0 Å². The molecule has 1 aromatic carbocycles. The molecule has 0 aliphatic rings. The Hall–Kier alpha value is -1.41. The molecule has 1 atom stereocenters. The number of carbonyl (C=O) groups excluding carboxylic acids is 1. The number of nitriles is 1. The van der Waals surface area contributed by atoms with Crippen molar-refractivity contribution in [1.29, 1.82) is 5.26 Å². The van der Waals surface area contributed by atoms with Gasteiger partial charge < -0.3 is 5.32 Å². The molecule has 0 aromatic heterocycles. The number of aryl methyl sites for hydroxylation is 1. The summed E-state index contributed by atoms with van der Waals surface area (Å²) in [4.78, 5) is 11.4. The maximum atomic E-state index is 13.2. The number of carbonyl (C=O) groups is 1. The number of nitrogens with zero attached hydrogens (tertiary/aromatic N) is 1. The van der Waals surface area contributed by atoms with Crippen molar-refractivity contribution in [2.45, 2.75) is 13.8 Å². The lowest BCUT2D eigenvalue weighted by Crippen LogP contribution is -2.19. The molecule has 1 amide bonds. The molecule has 0 heterocycles. The highest BCUT2D eigenvalue weighted by molar-refractivity contribution is 9.10. The van der Waals surface area contributed by atoms with Crippen LogP contribution in [0.5, 0.6) is 0 Å². The van der Waals surface area contributed by atoms with Crippen LogP contribution in [0.25, 0.3) is 0 Å². The van der Waals surface area contributed by atoms with E-state index < -0.39 is 17.6 Å². The number of amides is 1. The van der Waals surface area contributed by atoms with Gasteiger partial charge in [0.25, 0.3) is 0 Å². The average molecular weight is 285 g/mol. The Bertz CT molecular complexity index is 468. The third kappa shape index (κ3) is 2.80. The minimum atomic E-state index is -0.758. The molecular formula is C11H10BrFN2O. The van der Waals surface area contributed by atoms with E-state index in [-0.39, 0.29) is 0 Å². The molecule has 1 aromatic rings. The first kappa shape index (κ1) is 12.7. The zero-order chi connectivity index (χ0) is 12.3. The Morgan fingerprint density at radius 1 is 1.62 bits per heavy atom. The molecule has 0 aliphatic carbocycles. The van der Waals surface area contributed by atoms with Crippen LogP contribution in [0.2, 0.25) is 0 Å². The number of hydrogen-bond donors (Lipinski definition) is 1. The molecule has 1 unspecified atom stereocenters. The SMILES string of the molecule is Cc1cc(Br)c(F)cc1NC(=O)C(C)C#N. The second kappa shape index (κ2) is 5.08. The first-order valence-electron chi connectivity index (χ1n) is 4.62. The molecule has 5 heteroatoms. The second-order valence-corrected chi connectivity index (χ2v) is 4.28. The van der Waals surface area contributed by atoms with E-state index in [4.69, 9.17) is 5.26 Å². The van der Waals surface area contributed by atoms with Crippen molar-refractivity contribution < 1.29 is 9.18 Å². The van der Waals surface area contributed by atoms with Crippen molar-refractivity contribution in [3.63, 3.8) is 0 Å². The van der Waals surface area contributed by atoms with Gasteiger partial charge in [0.1, 0.15) is 11.7 Å². The van der Waals surface area contributed by atoms with Gasteiger partial charge in [-0.3, -0.25) is 4.79 Å². The molecule has 16 heavy (non-hydrogen) atoms. The van der Waals surface area contributed by atoms with Gasteiger partial charge in [0.15, 0.2) is 0 Å². The third-order valence-corrected chi connectivity index (χ3v) is 2.72. The van der Waals surface area contributed by atoms with E-state index in [2.05, 4.69) is 21.2 Å². The maximum Gasteiger partial charge on any atom is 0.241 e. The van der Waals surface area contributed by atoms with Crippen LogP contribution >= 0.6 is 15.9 Å². The van der Waals surface area contributed by atoms with E-state index in [0.717, 1.165) is 5.56 Å². The third-order valence-electron chi connectivity index (χ3n) is 2.11. The van der Waals surface area contributed by atoms with Crippen LogP contribution in [-0.4, -0.2) is 5.91 Å². The Kier molecular flexibility index (Phi) is 4.02. The van der Waals surface area contributed by atoms with Crippen LogP contribution in [0.1, 0.15) is 12.5 Å². The standard InChI is InChI=1S/C11H10BrFN2O/c1-6-3-8(12)9(13)4-10(6)15-11(16)7(2)5-14/h3-4,7H,1-2H3,(H,15,16). The quantitative estimate of drug-likeness (QED) is 0.908. The summed E-state index contributed by atoms with van der Waals surface area (Å²) in [6.45, 7) is 3.23. The Labute approximate surface area is 101 Å². The maximum absolute atomic E-state index is 13.2. The fraction of sp³-hybridized carbons (Fsp3) is 0.273. The number of rotatable bonds is 2. The van der Waals surface area contributed by atoms with Gasteiger partial charge in [0, 0.05) is 5.69 Å². The van der Waals surface area contributed by atoms with Gasteiger partial charge in [-0.2, -0.15) is 5.26 Å². The topological polar surface area (TPSA) is 52.9 Å². The van der Waals surface area contributed by atoms with Crippen LogP contribution in [0.3, 0.4) is 0 Å². The summed E-state index contributed by atoms with van der Waals surface area (Å²) < 4.78 is 13.6. The summed E-state index contributed by atoms with van der Waals surface area (Å²) in [6, 6.07) is 4.61. The van der Waals surface area contributed by atoms with Gasteiger partial charge >= 0.3 is 0 Å². The van der Waals surface area contributed by atoms with Crippen LogP contribution in [0.4, 0.5) is 10.1 Å². The molecule has 0 aliphatic heterocycles. The minimum absolute atomic E-state index is 0.344. The summed E-state index contributed by atoms with van der Waals surface area (Å²) >= 11 is 3.05. The zero-order valence-corrected chi connectivity index (χ0v) is 10.4. The monoisotopic (exact) mass is 284 g/mol. The summed E-state index contributed by atoms with van der Waals surface area (Å²) in [6.07, 6.45) is 0. The Morgan fingerprint density at radius 3 is 2.81 bits per heavy atom. The molecule has 3 nitrogen and oxygen atoms in total. The lowest BCUT2D eigenvalue weighted by Gasteiger charge is -2.10. The fourth-order valence-electron chi connectivity index (χ4n) is 1.08. The fourth-order valence-corrected chi connectivity index (χ4v) is 1.54. The second-order valence-electron chi connectivity index (χ2n) is 3.42. The predicted octanol–water partition coefficient (Wildman–Crippen LogP) is 2.99. The number of halogens is 2. The van der Waals surface area contributed by atoms with Crippen molar-refractivity contribution in [3.05, 3.63) is 28.0 Å². The summed E-state index contributed by atoms with van der Waals surface area (Å²) in [5, 5.41) is 11.1. The van der Waals surface area contributed by atoms with E-state index in [9.17, 15) is 9.18 Å². The summed E-state index contributed by atoms with van der Waals surface area (Å²) in [5.41, 5.74) is 1.11. The molecule has 0 saturated heterocycles. The van der Waals surface area contributed by atoms with Crippen LogP contribution in [-0.2, 0) is 4.79 Å². The van der Waals surface area contributed by atoms with Gasteiger partial charge in [-0.05, 0) is 47.5 Å². The van der Waals surface area contributed by atoms with Crippen molar-refractivity contribution in [2.75, 3.05) is 5.32 Å². The molecule has 84 valence electrons. The van der Waals surface area contributed by atoms with Crippen molar-refractivity contribution in [1.82, 2.24) is 0 Å². The molecule has 0 bridgehead atoms. The van der Waals surface area contributed by atoms with Crippen molar-refractivity contribution in [3.8, 4) is 6.07 Å². The number of nitrogens with one attached hydrogen (secondary N) is 1. The smallest absolute Gasteiger partial charge is 0.241 e. The minimum Gasteiger partial charge on any atom is -0.325 e. The van der Waals surface area contributed by atoms with Gasteiger partial charge in [-0.15, -0.1) is 0 Å². The van der Waals surface area contributed by atoms with E-state index in [0.29, 0.717) is 10.2 Å². The molecule has 0 fully saturated rings. The molecule has 0 saturated carbocycles. The molecule has 0 radical (unpaired) electrons. The average Bonchev–Trinajstić information content (AvgIpc) is 2.24. The van der Waals surface area contributed by atoms with Crippen LogP contribution < -0.4 is 5.32 Å². The van der Waals surface area contributed by atoms with Gasteiger partial charge in [0.2, 0.25) is 5.91 Å². The molecule has 1 rings (SSSR count). The predicted molar refractivity (Wildman–Crippen MR) is 62.2 cm³/mol. The van der Waals surface area contributed by atoms with E-state index in [1.165, 1.54) is 13.0 Å². The van der Waals surface area contributed by atoms with Crippen molar-refractivity contribution >= 4 is 27.5 Å². The first-order valence-corrected chi connectivity index (χ1v) is 5.41. The van der Waals surface area contributed by atoms with Gasteiger partial charge in [0.05, 0.1) is 10.5 Å². The van der Waals surface area contributed by atoms with E-state index in [1.807, 2.05) is 6.07 Å². The highest BCUT2D eigenvalue weighted by atomic mass is 79.9. The lowest BCUT2D eigenvalue weighted by atomic mass is 10.1. The molecule has 1 N–H and O–H groups in total. The number of anilines is 1. The first-order chi connectivity index (χ1) is 7.45. The zero-order valence-electron chi connectivity index (χ0n) is 8.84. The van der Waals surface area contributed by atoms with Gasteiger partial charge in [-0.25, -0.2) is 4.39 Å². The summed E-state index contributed by atoms with van der Waals surface area (Å²) in [7, 11) is 0. The summed E-state index contributed by atoms with van der Waals surface area (Å²) in [5.74, 6) is -1.65. The highest BCUT2D eigenvalue weighted by Crippen LogP contribution is 2.24. The number of hydrogen-bond acceptors (Lipinski definition) is 2. The normalized spacial score (nSPS) is 11.7. The lowest BCUT2D eigenvalue weighted by molar-refractivity contribution is -0.117. The van der Waals surface area contributed by atoms with Crippen LogP contribution in [0.15, 0.2) is 16.6 Å². The largest absolute Gasteiger partial charge is 0.325 e. The number of benzene rings is 1.